The van der Waals surface area contributed by atoms with Crippen molar-refractivity contribution in [2.45, 2.75) is 19.3 Å². The van der Waals surface area contributed by atoms with Gasteiger partial charge >= 0.3 is 5.97 Å². The van der Waals surface area contributed by atoms with Crippen molar-refractivity contribution in [3.8, 4) is 0 Å². The van der Waals surface area contributed by atoms with E-state index in [1.54, 1.807) is 12.1 Å². The van der Waals surface area contributed by atoms with Gasteiger partial charge in [-0.1, -0.05) is 12.1 Å². The monoisotopic (exact) mass is 410 g/mol. The van der Waals surface area contributed by atoms with Crippen LogP contribution in [0.15, 0.2) is 24.3 Å². The maximum atomic E-state index is 11.3. The summed E-state index contributed by atoms with van der Waals surface area (Å²) < 4.78 is 15.3. The molecule has 1 aromatic carbocycles. The number of hydrogen-bond acceptors (Lipinski definition) is 4. The molecule has 112 valence electrons. The number of aryl methyl sites for hydroxylation is 1. The summed E-state index contributed by atoms with van der Waals surface area (Å²) >= 11 is 2.20. The van der Waals surface area contributed by atoms with Crippen molar-refractivity contribution in [3.05, 3.63) is 35.4 Å². The van der Waals surface area contributed by atoms with E-state index >= 15 is 0 Å². The molecule has 0 spiro atoms. The molecule has 0 N–H and O–H groups in total. The number of halogens is 1. The van der Waals surface area contributed by atoms with Crippen LogP contribution >= 0.6 is 28.5 Å². The maximum absolute atomic E-state index is 11.3. The van der Waals surface area contributed by atoms with E-state index in [2.05, 4.69) is 26.8 Å². The predicted molar refractivity (Wildman–Crippen MR) is 89.8 cm³/mol. The van der Waals surface area contributed by atoms with Crippen molar-refractivity contribution >= 4 is 34.5 Å². The molecule has 6 heteroatoms. The van der Waals surface area contributed by atoms with E-state index in [0.29, 0.717) is 25.2 Å². The molecule has 0 aliphatic carbocycles. The fraction of sp³-hybridized carbons (Fsp3) is 0.500. The Labute approximate surface area is 134 Å². The van der Waals surface area contributed by atoms with Crippen LogP contribution in [0.3, 0.4) is 0 Å². The molecule has 0 aliphatic rings. The standard InChI is InChI=1S/C14H20IO4P/c1-17-14(16)13-7-5-12(6-8-13)4-2-3-9-18-10-11-19-20-15/h5-8,20H,2-4,9-11H2,1H3. The van der Waals surface area contributed by atoms with Gasteiger partial charge in [-0.15, -0.1) is 0 Å². The minimum absolute atomic E-state index is 0.292. The van der Waals surface area contributed by atoms with E-state index in [-0.39, 0.29) is 5.97 Å². The number of carbonyl (C=O) groups is 1. The maximum Gasteiger partial charge on any atom is 0.337 e. The zero-order chi connectivity index (χ0) is 14.6. The van der Waals surface area contributed by atoms with Gasteiger partial charge in [0.1, 0.15) is 0 Å². The van der Waals surface area contributed by atoms with Gasteiger partial charge in [0.2, 0.25) is 0 Å². The van der Waals surface area contributed by atoms with Crippen LogP contribution in [0.4, 0.5) is 0 Å². The van der Waals surface area contributed by atoms with Gasteiger partial charge in [0.15, 0.2) is 0 Å². The van der Waals surface area contributed by atoms with E-state index in [9.17, 15) is 4.79 Å². The minimum Gasteiger partial charge on any atom is -0.465 e. The number of carbonyl (C=O) groups excluding carboxylic acids is 1. The summed E-state index contributed by atoms with van der Waals surface area (Å²) in [6.45, 7) is 2.62. The summed E-state index contributed by atoms with van der Waals surface area (Å²) in [5.74, 6) is -0.292. The highest BCUT2D eigenvalue weighted by Crippen LogP contribution is 2.20. The SMILES string of the molecule is COC(=O)c1ccc(CCCCOCCOPI)cc1. The Morgan fingerprint density at radius 3 is 2.55 bits per heavy atom. The van der Waals surface area contributed by atoms with Crippen molar-refractivity contribution in [2.24, 2.45) is 0 Å². The zero-order valence-corrected chi connectivity index (χ0v) is 14.7. The van der Waals surface area contributed by atoms with Gasteiger partial charge < -0.3 is 14.0 Å². The third-order valence-electron chi connectivity index (χ3n) is 2.76. The van der Waals surface area contributed by atoms with Gasteiger partial charge in [0, 0.05) is 6.61 Å². The number of rotatable bonds is 10. The summed E-state index contributed by atoms with van der Waals surface area (Å²) in [7, 11) is 1.39. The Morgan fingerprint density at radius 1 is 1.15 bits per heavy atom. The molecule has 1 unspecified atom stereocenters. The third kappa shape index (κ3) is 7.53. The average molecular weight is 410 g/mol. The van der Waals surface area contributed by atoms with E-state index in [4.69, 9.17) is 9.26 Å². The molecule has 0 radical (unpaired) electrons. The molecule has 0 aromatic heterocycles. The highest BCUT2D eigenvalue weighted by Gasteiger charge is 2.03. The smallest absolute Gasteiger partial charge is 0.337 e. The summed E-state index contributed by atoms with van der Waals surface area (Å²) in [6, 6.07) is 7.56. The molecule has 20 heavy (non-hydrogen) atoms. The lowest BCUT2D eigenvalue weighted by atomic mass is 10.1. The van der Waals surface area contributed by atoms with Crippen LogP contribution in [-0.2, 0) is 20.4 Å². The number of benzene rings is 1. The van der Waals surface area contributed by atoms with Gasteiger partial charge in [-0.3, -0.25) is 0 Å². The van der Waals surface area contributed by atoms with Gasteiger partial charge in [0.25, 0.3) is 0 Å². The second kappa shape index (κ2) is 11.4. The van der Waals surface area contributed by atoms with Crippen LogP contribution in [-0.4, -0.2) is 32.9 Å². The summed E-state index contributed by atoms with van der Waals surface area (Å²) in [6.07, 6.45) is 3.11. The highest BCUT2D eigenvalue weighted by molar-refractivity contribution is 14.2. The van der Waals surface area contributed by atoms with Gasteiger partial charge in [0.05, 0.1) is 32.3 Å². The summed E-state index contributed by atoms with van der Waals surface area (Å²) in [4.78, 5) is 11.3. The molecule has 0 saturated carbocycles. The van der Waals surface area contributed by atoms with Crippen LogP contribution in [0.5, 0.6) is 0 Å². The quantitative estimate of drug-likeness (QED) is 0.255. The Bertz CT molecular complexity index is 383. The molecule has 1 atom stereocenters. The van der Waals surface area contributed by atoms with Crippen LogP contribution < -0.4 is 0 Å². The van der Waals surface area contributed by atoms with Gasteiger partial charge in [-0.2, -0.15) is 0 Å². The average Bonchev–Trinajstić information content (AvgIpc) is 2.50. The number of unbranched alkanes of at least 4 members (excludes halogenated alkanes) is 1. The fourth-order valence-electron chi connectivity index (χ4n) is 1.70. The Hall–Kier alpha value is -0.230. The highest BCUT2D eigenvalue weighted by atomic mass is 127. The van der Waals surface area contributed by atoms with E-state index in [1.807, 2.05) is 12.1 Å². The molecular formula is C14H20IO4P. The second-order valence-corrected chi connectivity index (χ2v) is 5.95. The fourth-order valence-corrected chi connectivity index (χ4v) is 2.52. The van der Waals surface area contributed by atoms with Crippen LogP contribution in [0.25, 0.3) is 0 Å². The third-order valence-corrected chi connectivity index (χ3v) is 4.01. The molecule has 0 bridgehead atoms. The van der Waals surface area contributed by atoms with E-state index in [0.717, 1.165) is 25.9 Å². The lowest BCUT2D eigenvalue weighted by Gasteiger charge is -2.05. The molecular weight excluding hydrogens is 390 g/mol. The summed E-state index contributed by atoms with van der Waals surface area (Å²) in [5.41, 5.74) is 1.82. The van der Waals surface area contributed by atoms with Crippen LogP contribution in [0, 0.1) is 0 Å². The van der Waals surface area contributed by atoms with E-state index < -0.39 is 0 Å². The molecule has 1 rings (SSSR count). The Balaban J connectivity index is 2.11. The van der Waals surface area contributed by atoms with Crippen LogP contribution in [0.1, 0.15) is 28.8 Å². The van der Waals surface area contributed by atoms with Gasteiger partial charge in [-0.25, -0.2) is 4.79 Å². The second-order valence-electron chi connectivity index (χ2n) is 4.18. The first-order chi connectivity index (χ1) is 9.77. The largest absolute Gasteiger partial charge is 0.465 e. The van der Waals surface area contributed by atoms with Crippen molar-refractivity contribution in [1.29, 1.82) is 0 Å². The number of methoxy groups -OCH3 is 1. The van der Waals surface area contributed by atoms with Crippen molar-refractivity contribution in [2.75, 3.05) is 26.9 Å². The number of ether oxygens (including phenoxy) is 2. The molecule has 0 fully saturated rings. The summed E-state index contributed by atoms with van der Waals surface area (Å²) in [5, 5.41) is 0. The minimum atomic E-state index is -0.292. The lowest BCUT2D eigenvalue weighted by molar-refractivity contribution is 0.0600. The predicted octanol–water partition coefficient (Wildman–Crippen LogP) is 3.77. The topological polar surface area (TPSA) is 44.8 Å². The normalized spacial score (nSPS) is 11.1. The van der Waals surface area contributed by atoms with Crippen LogP contribution in [0.2, 0.25) is 0 Å². The lowest BCUT2D eigenvalue weighted by Crippen LogP contribution is -2.02. The van der Waals surface area contributed by atoms with Gasteiger partial charge in [-0.05, 0) is 59.0 Å². The molecule has 0 saturated heterocycles. The van der Waals surface area contributed by atoms with E-state index in [1.165, 1.54) is 12.7 Å². The van der Waals surface area contributed by atoms with Crippen molar-refractivity contribution in [3.63, 3.8) is 0 Å². The first-order valence-electron chi connectivity index (χ1n) is 6.50. The molecule has 0 amide bonds. The molecule has 0 aliphatic heterocycles. The first kappa shape index (κ1) is 17.8. The molecule has 4 nitrogen and oxygen atoms in total. The van der Waals surface area contributed by atoms with Crippen molar-refractivity contribution < 1.29 is 18.8 Å². The number of esters is 1. The van der Waals surface area contributed by atoms with Crippen molar-refractivity contribution in [1.82, 2.24) is 0 Å². The number of hydrogen-bond donors (Lipinski definition) is 0. The zero-order valence-electron chi connectivity index (χ0n) is 11.6. The molecule has 1 aromatic rings. The first-order valence-corrected chi connectivity index (χ1v) is 10.5. The Kier molecular flexibility index (Phi) is 10.2. The Morgan fingerprint density at radius 2 is 1.90 bits per heavy atom. The molecule has 0 heterocycles.